The van der Waals surface area contributed by atoms with Crippen LogP contribution in [0.4, 0.5) is 0 Å². The Morgan fingerprint density at radius 1 is 1.21 bits per heavy atom. The van der Waals surface area contributed by atoms with Gasteiger partial charge in [-0.2, -0.15) is 0 Å². The molecule has 0 amide bonds. The highest BCUT2D eigenvalue weighted by molar-refractivity contribution is 7.90. The number of aliphatic hydroxyl groups excluding tert-OH is 1. The van der Waals surface area contributed by atoms with E-state index < -0.39 is 15.9 Å². The van der Waals surface area contributed by atoms with Crippen LogP contribution in [0.1, 0.15) is 27.2 Å². The predicted octanol–water partition coefficient (Wildman–Crippen LogP) is 2.27. The molecule has 0 aliphatic rings. The Balaban J connectivity index is 2.55. The van der Waals surface area contributed by atoms with E-state index in [-0.39, 0.29) is 16.9 Å². The molecule has 108 valence electrons. The van der Waals surface area contributed by atoms with E-state index in [0.29, 0.717) is 12.2 Å². The summed E-state index contributed by atoms with van der Waals surface area (Å²) in [5.41, 5.74) is 0.0446. The Bertz CT molecular complexity index is 497. The van der Waals surface area contributed by atoms with Crippen molar-refractivity contribution in [3.63, 3.8) is 0 Å². The largest absolute Gasteiger partial charge is 0.491 e. The van der Waals surface area contributed by atoms with Crippen molar-refractivity contribution in [1.82, 2.24) is 0 Å². The number of ether oxygens (including phenoxy) is 1. The van der Waals surface area contributed by atoms with E-state index >= 15 is 0 Å². The van der Waals surface area contributed by atoms with E-state index in [1.54, 1.807) is 12.1 Å². The molecule has 0 aliphatic carbocycles. The summed E-state index contributed by atoms with van der Waals surface area (Å²) in [5.74, 6) is 0.556. The summed E-state index contributed by atoms with van der Waals surface area (Å²) in [5, 5.41) is 9.81. The minimum atomic E-state index is -3.18. The fourth-order valence-corrected chi connectivity index (χ4v) is 2.37. The first-order valence-corrected chi connectivity index (χ1v) is 8.08. The van der Waals surface area contributed by atoms with Crippen LogP contribution in [0.3, 0.4) is 0 Å². The van der Waals surface area contributed by atoms with E-state index in [4.69, 9.17) is 4.74 Å². The summed E-state index contributed by atoms with van der Waals surface area (Å²) in [6, 6.07) is 6.20. The van der Waals surface area contributed by atoms with Gasteiger partial charge in [-0.15, -0.1) is 0 Å². The molecule has 0 radical (unpaired) electrons. The molecule has 1 aromatic rings. The summed E-state index contributed by atoms with van der Waals surface area (Å²) in [6.07, 6.45) is 1.28. The van der Waals surface area contributed by atoms with Crippen molar-refractivity contribution in [2.75, 3.05) is 12.9 Å². The van der Waals surface area contributed by atoms with Crippen LogP contribution in [0.25, 0.3) is 0 Å². The zero-order valence-electron chi connectivity index (χ0n) is 11.9. The van der Waals surface area contributed by atoms with Gasteiger partial charge in [0, 0.05) is 6.26 Å². The van der Waals surface area contributed by atoms with Gasteiger partial charge in [0.1, 0.15) is 12.4 Å². The number of sulfone groups is 1. The van der Waals surface area contributed by atoms with Crippen molar-refractivity contribution in [2.45, 2.75) is 38.2 Å². The molecule has 0 fully saturated rings. The van der Waals surface area contributed by atoms with Crippen molar-refractivity contribution < 1.29 is 18.3 Å². The topological polar surface area (TPSA) is 63.6 Å². The van der Waals surface area contributed by atoms with Crippen molar-refractivity contribution in [3.05, 3.63) is 24.3 Å². The quantitative estimate of drug-likeness (QED) is 0.902. The fourth-order valence-electron chi connectivity index (χ4n) is 1.74. The SMILES string of the molecule is CC(C)(C)CC(O)COc1ccc(S(C)(=O)=O)cc1. The lowest BCUT2D eigenvalue weighted by Crippen LogP contribution is -2.23. The highest BCUT2D eigenvalue weighted by atomic mass is 32.2. The second kappa shape index (κ2) is 5.92. The first-order chi connectivity index (χ1) is 8.58. The third-order valence-electron chi connectivity index (χ3n) is 2.54. The molecule has 1 unspecified atom stereocenters. The molecule has 0 saturated heterocycles. The van der Waals surface area contributed by atoms with E-state index in [1.165, 1.54) is 12.1 Å². The Hall–Kier alpha value is -1.07. The molecule has 1 rings (SSSR count). The molecule has 1 atom stereocenters. The van der Waals surface area contributed by atoms with Crippen LogP contribution in [-0.2, 0) is 9.84 Å². The zero-order valence-corrected chi connectivity index (χ0v) is 12.7. The Labute approximate surface area is 115 Å². The van der Waals surface area contributed by atoms with Gasteiger partial charge in [0.25, 0.3) is 0 Å². The highest BCUT2D eigenvalue weighted by Gasteiger charge is 2.17. The second-order valence-corrected chi connectivity index (χ2v) is 7.99. The summed E-state index contributed by atoms with van der Waals surface area (Å²) < 4.78 is 28.0. The Kier molecular flexibility index (Phi) is 4.98. The number of rotatable bonds is 5. The lowest BCUT2D eigenvalue weighted by Gasteiger charge is -2.22. The van der Waals surface area contributed by atoms with Crippen molar-refractivity contribution in [2.24, 2.45) is 5.41 Å². The normalized spacial score (nSPS) is 14.2. The van der Waals surface area contributed by atoms with Gasteiger partial charge < -0.3 is 9.84 Å². The Morgan fingerprint density at radius 3 is 2.16 bits per heavy atom. The average molecular weight is 286 g/mol. The minimum absolute atomic E-state index is 0.0446. The lowest BCUT2D eigenvalue weighted by atomic mass is 9.89. The van der Waals surface area contributed by atoms with Gasteiger partial charge in [0.05, 0.1) is 11.0 Å². The number of hydrogen-bond acceptors (Lipinski definition) is 4. The maximum absolute atomic E-state index is 11.3. The van der Waals surface area contributed by atoms with Crippen LogP contribution < -0.4 is 4.74 Å². The van der Waals surface area contributed by atoms with E-state index in [9.17, 15) is 13.5 Å². The van der Waals surface area contributed by atoms with Crippen LogP contribution >= 0.6 is 0 Å². The molecule has 1 aromatic carbocycles. The number of hydrogen-bond donors (Lipinski definition) is 1. The van der Waals surface area contributed by atoms with Crippen molar-refractivity contribution in [3.8, 4) is 5.75 Å². The zero-order chi connectivity index (χ0) is 14.7. The van der Waals surface area contributed by atoms with Gasteiger partial charge in [-0.25, -0.2) is 8.42 Å². The fraction of sp³-hybridized carbons (Fsp3) is 0.571. The van der Waals surface area contributed by atoms with Crippen LogP contribution in [0, 0.1) is 5.41 Å². The van der Waals surface area contributed by atoms with E-state index in [2.05, 4.69) is 20.8 Å². The van der Waals surface area contributed by atoms with E-state index in [1.807, 2.05) is 0 Å². The minimum Gasteiger partial charge on any atom is -0.491 e. The average Bonchev–Trinajstić information content (AvgIpc) is 2.23. The number of benzene rings is 1. The number of aliphatic hydroxyl groups is 1. The molecule has 0 bridgehead atoms. The molecule has 1 N–H and O–H groups in total. The molecule has 0 spiro atoms. The van der Waals surface area contributed by atoms with Crippen LogP contribution in [0.5, 0.6) is 5.75 Å². The first-order valence-electron chi connectivity index (χ1n) is 6.19. The smallest absolute Gasteiger partial charge is 0.175 e. The standard InChI is InChI=1S/C14H22O4S/c1-14(2,3)9-11(15)10-18-12-5-7-13(8-6-12)19(4,16)17/h5-8,11,15H,9-10H2,1-4H3. The van der Waals surface area contributed by atoms with Crippen molar-refractivity contribution in [1.29, 1.82) is 0 Å². The molecule has 5 heteroatoms. The molecule has 0 saturated carbocycles. The van der Waals surface area contributed by atoms with Crippen LogP contribution in [-0.4, -0.2) is 32.5 Å². The van der Waals surface area contributed by atoms with Gasteiger partial charge in [0.2, 0.25) is 0 Å². The first kappa shape index (κ1) is 16.0. The summed E-state index contributed by atoms with van der Waals surface area (Å²) in [7, 11) is -3.18. The summed E-state index contributed by atoms with van der Waals surface area (Å²) >= 11 is 0. The van der Waals surface area contributed by atoms with E-state index in [0.717, 1.165) is 6.26 Å². The highest BCUT2D eigenvalue weighted by Crippen LogP contribution is 2.22. The molecule has 0 heterocycles. The van der Waals surface area contributed by atoms with Gasteiger partial charge in [-0.05, 0) is 36.1 Å². The molecule has 0 aliphatic heterocycles. The summed E-state index contributed by atoms with van der Waals surface area (Å²) in [6.45, 7) is 6.36. The monoisotopic (exact) mass is 286 g/mol. The van der Waals surface area contributed by atoms with Gasteiger partial charge in [0.15, 0.2) is 9.84 Å². The van der Waals surface area contributed by atoms with Crippen molar-refractivity contribution >= 4 is 9.84 Å². The van der Waals surface area contributed by atoms with Crippen LogP contribution in [0.2, 0.25) is 0 Å². The van der Waals surface area contributed by atoms with Gasteiger partial charge >= 0.3 is 0 Å². The predicted molar refractivity (Wildman–Crippen MR) is 75.1 cm³/mol. The van der Waals surface area contributed by atoms with Gasteiger partial charge in [-0.3, -0.25) is 0 Å². The summed E-state index contributed by atoms with van der Waals surface area (Å²) in [4.78, 5) is 0.259. The Morgan fingerprint density at radius 2 is 1.74 bits per heavy atom. The molecular formula is C14H22O4S. The lowest BCUT2D eigenvalue weighted by molar-refractivity contribution is 0.0710. The maximum atomic E-state index is 11.3. The van der Waals surface area contributed by atoms with Gasteiger partial charge in [-0.1, -0.05) is 20.8 Å². The second-order valence-electron chi connectivity index (χ2n) is 5.97. The molecule has 19 heavy (non-hydrogen) atoms. The third kappa shape index (κ3) is 6.07. The van der Waals surface area contributed by atoms with Crippen LogP contribution in [0.15, 0.2) is 29.2 Å². The molecular weight excluding hydrogens is 264 g/mol. The molecule has 0 aromatic heterocycles. The molecule has 4 nitrogen and oxygen atoms in total. The maximum Gasteiger partial charge on any atom is 0.175 e. The third-order valence-corrected chi connectivity index (χ3v) is 3.67.